The Morgan fingerprint density at radius 2 is 1.94 bits per heavy atom. The van der Waals surface area contributed by atoms with Crippen LogP contribution in [0.2, 0.25) is 0 Å². The van der Waals surface area contributed by atoms with Gasteiger partial charge in [0.25, 0.3) is 0 Å². The molecule has 0 fully saturated rings. The highest BCUT2D eigenvalue weighted by molar-refractivity contribution is 5.92. The first-order chi connectivity index (χ1) is 7.63. The van der Waals surface area contributed by atoms with E-state index in [1.54, 1.807) is 30.3 Å². The monoisotopic (exact) mass is 220 g/mol. The molecule has 0 aromatic heterocycles. The van der Waals surface area contributed by atoms with E-state index in [2.05, 4.69) is 0 Å². The Labute approximate surface area is 95.0 Å². The van der Waals surface area contributed by atoms with Crippen LogP contribution >= 0.6 is 0 Å². The van der Waals surface area contributed by atoms with Crippen LogP contribution in [0.3, 0.4) is 0 Å². The maximum Gasteiger partial charge on any atom is 0.331 e. The van der Waals surface area contributed by atoms with E-state index in [0.29, 0.717) is 12.0 Å². The van der Waals surface area contributed by atoms with Crippen molar-refractivity contribution in [1.29, 1.82) is 0 Å². The summed E-state index contributed by atoms with van der Waals surface area (Å²) in [7, 11) is 0. The van der Waals surface area contributed by atoms with Crippen LogP contribution in [0, 0.1) is 0 Å². The summed E-state index contributed by atoms with van der Waals surface area (Å²) in [6, 6.07) is 6.49. The molecule has 1 aromatic carbocycles. The molecule has 0 saturated heterocycles. The molecule has 0 heterocycles. The molecular weight excluding hydrogens is 204 g/mol. The Balaban J connectivity index is 2.84. The summed E-state index contributed by atoms with van der Waals surface area (Å²) >= 11 is 0. The number of aromatic hydroxyl groups is 1. The van der Waals surface area contributed by atoms with Crippen molar-refractivity contribution in [2.75, 3.05) is 0 Å². The molecule has 86 valence electrons. The van der Waals surface area contributed by atoms with Crippen LogP contribution in [-0.4, -0.2) is 16.2 Å². The maximum atomic E-state index is 11.0. The number of rotatable bonds is 5. The van der Waals surface area contributed by atoms with E-state index >= 15 is 0 Å². The number of carboxylic acids is 1. The minimum atomic E-state index is -0.874. The van der Waals surface area contributed by atoms with Gasteiger partial charge in [0.05, 0.1) is 0 Å². The van der Waals surface area contributed by atoms with Gasteiger partial charge in [-0.3, -0.25) is 0 Å². The zero-order chi connectivity index (χ0) is 12.0. The second kappa shape index (κ2) is 5.95. The number of benzene rings is 1. The van der Waals surface area contributed by atoms with Gasteiger partial charge in [0.1, 0.15) is 5.75 Å². The number of carboxylic acid groups (broad SMARTS) is 1. The van der Waals surface area contributed by atoms with Crippen molar-refractivity contribution in [3.8, 4) is 5.75 Å². The van der Waals surface area contributed by atoms with E-state index in [9.17, 15) is 4.79 Å². The first kappa shape index (κ1) is 12.3. The van der Waals surface area contributed by atoms with Crippen LogP contribution in [0.4, 0.5) is 0 Å². The predicted molar refractivity (Wildman–Crippen MR) is 63.2 cm³/mol. The van der Waals surface area contributed by atoms with Gasteiger partial charge < -0.3 is 10.2 Å². The normalized spacial score (nSPS) is 11.4. The van der Waals surface area contributed by atoms with Crippen molar-refractivity contribution < 1.29 is 15.0 Å². The molecule has 2 N–H and O–H groups in total. The number of phenols is 1. The topological polar surface area (TPSA) is 57.5 Å². The minimum absolute atomic E-state index is 0.183. The van der Waals surface area contributed by atoms with E-state index in [1.165, 1.54) is 0 Å². The first-order valence-corrected chi connectivity index (χ1v) is 5.36. The molecule has 0 saturated carbocycles. The van der Waals surface area contributed by atoms with Crippen LogP contribution in [0.5, 0.6) is 5.75 Å². The highest BCUT2D eigenvalue weighted by Crippen LogP contribution is 2.16. The summed E-state index contributed by atoms with van der Waals surface area (Å²) < 4.78 is 0. The van der Waals surface area contributed by atoms with Gasteiger partial charge >= 0.3 is 5.97 Å². The smallest absolute Gasteiger partial charge is 0.331 e. The average molecular weight is 220 g/mol. The quantitative estimate of drug-likeness (QED) is 0.750. The van der Waals surface area contributed by atoms with Gasteiger partial charge in [-0.05, 0) is 36.6 Å². The summed E-state index contributed by atoms with van der Waals surface area (Å²) in [6.07, 6.45) is 4.07. The zero-order valence-electron chi connectivity index (χ0n) is 9.31. The fourth-order valence-electron chi connectivity index (χ4n) is 1.38. The van der Waals surface area contributed by atoms with E-state index in [4.69, 9.17) is 10.2 Å². The fraction of sp³-hybridized carbons (Fsp3) is 0.308. The Bertz CT molecular complexity index is 377. The molecule has 0 aliphatic rings. The van der Waals surface area contributed by atoms with Crippen LogP contribution in [0.1, 0.15) is 31.7 Å². The first-order valence-electron chi connectivity index (χ1n) is 5.36. The lowest BCUT2D eigenvalue weighted by molar-refractivity contribution is -0.132. The average Bonchev–Trinajstić information content (AvgIpc) is 2.26. The van der Waals surface area contributed by atoms with Crippen molar-refractivity contribution in [3.63, 3.8) is 0 Å². The summed E-state index contributed by atoms with van der Waals surface area (Å²) in [5.74, 6) is -0.691. The lowest BCUT2D eigenvalue weighted by Crippen LogP contribution is -2.00. The standard InChI is InChI=1S/C13H16O3/c1-2-3-4-11(13(15)16)9-10-5-7-12(14)8-6-10/h5-9,14H,2-4H2,1H3,(H,15,16)/b11-9+. The van der Waals surface area contributed by atoms with Crippen molar-refractivity contribution in [2.45, 2.75) is 26.2 Å². The molecule has 0 spiro atoms. The van der Waals surface area contributed by atoms with Crippen molar-refractivity contribution >= 4 is 12.0 Å². The lowest BCUT2D eigenvalue weighted by Gasteiger charge is -2.01. The largest absolute Gasteiger partial charge is 0.508 e. The summed E-state index contributed by atoms with van der Waals surface area (Å²) in [5, 5.41) is 18.1. The third kappa shape index (κ3) is 3.77. The van der Waals surface area contributed by atoms with Crippen LogP contribution in [0.15, 0.2) is 29.8 Å². The molecular formula is C13H16O3. The van der Waals surface area contributed by atoms with Crippen LogP contribution in [0.25, 0.3) is 6.08 Å². The van der Waals surface area contributed by atoms with Crippen molar-refractivity contribution in [3.05, 3.63) is 35.4 Å². The van der Waals surface area contributed by atoms with Gasteiger partial charge in [-0.15, -0.1) is 0 Å². The fourth-order valence-corrected chi connectivity index (χ4v) is 1.38. The number of unbranched alkanes of at least 4 members (excludes halogenated alkanes) is 1. The van der Waals surface area contributed by atoms with Gasteiger partial charge in [0.2, 0.25) is 0 Å². The summed E-state index contributed by atoms with van der Waals surface area (Å²) in [5.41, 5.74) is 1.21. The van der Waals surface area contributed by atoms with Crippen LogP contribution < -0.4 is 0 Å². The number of aliphatic carboxylic acids is 1. The molecule has 0 amide bonds. The van der Waals surface area contributed by atoms with Gasteiger partial charge in [0.15, 0.2) is 0 Å². The molecule has 16 heavy (non-hydrogen) atoms. The highest BCUT2D eigenvalue weighted by Gasteiger charge is 2.06. The van der Waals surface area contributed by atoms with E-state index < -0.39 is 5.97 Å². The SMILES string of the molecule is CCCC/C(=C\c1ccc(O)cc1)C(=O)O. The van der Waals surface area contributed by atoms with Crippen molar-refractivity contribution in [1.82, 2.24) is 0 Å². The maximum absolute atomic E-state index is 11.0. The minimum Gasteiger partial charge on any atom is -0.508 e. The molecule has 0 bridgehead atoms. The second-order valence-electron chi connectivity index (χ2n) is 3.67. The molecule has 0 atom stereocenters. The molecule has 3 nitrogen and oxygen atoms in total. The Hall–Kier alpha value is -1.77. The Morgan fingerprint density at radius 1 is 1.31 bits per heavy atom. The molecule has 1 aromatic rings. The molecule has 0 unspecified atom stereocenters. The zero-order valence-corrected chi connectivity index (χ0v) is 9.31. The van der Waals surface area contributed by atoms with Gasteiger partial charge in [0, 0.05) is 5.57 Å². The van der Waals surface area contributed by atoms with Crippen molar-refractivity contribution in [2.24, 2.45) is 0 Å². The number of hydrogen-bond donors (Lipinski definition) is 2. The molecule has 0 aliphatic carbocycles. The van der Waals surface area contributed by atoms with E-state index in [1.807, 2.05) is 6.92 Å². The van der Waals surface area contributed by atoms with Crippen LogP contribution in [-0.2, 0) is 4.79 Å². The lowest BCUT2D eigenvalue weighted by atomic mass is 10.1. The third-order valence-electron chi connectivity index (χ3n) is 2.31. The van der Waals surface area contributed by atoms with E-state index in [-0.39, 0.29) is 5.75 Å². The Kier molecular flexibility index (Phi) is 4.58. The third-order valence-corrected chi connectivity index (χ3v) is 2.31. The van der Waals surface area contributed by atoms with Gasteiger partial charge in [-0.25, -0.2) is 4.79 Å². The predicted octanol–water partition coefficient (Wildman–Crippen LogP) is 3.05. The van der Waals surface area contributed by atoms with Gasteiger partial charge in [-0.2, -0.15) is 0 Å². The molecule has 3 heteroatoms. The van der Waals surface area contributed by atoms with Gasteiger partial charge in [-0.1, -0.05) is 25.5 Å². The molecule has 0 aliphatic heterocycles. The van der Waals surface area contributed by atoms with E-state index in [0.717, 1.165) is 18.4 Å². The number of carbonyl (C=O) groups is 1. The number of phenolic OH excluding ortho intramolecular Hbond substituents is 1. The summed E-state index contributed by atoms with van der Waals surface area (Å²) in [6.45, 7) is 2.03. The summed E-state index contributed by atoms with van der Waals surface area (Å²) in [4.78, 5) is 11.0. The molecule has 1 rings (SSSR count). The second-order valence-corrected chi connectivity index (χ2v) is 3.67. The molecule has 0 radical (unpaired) electrons. The highest BCUT2D eigenvalue weighted by atomic mass is 16.4. The Morgan fingerprint density at radius 3 is 2.44 bits per heavy atom. The number of hydrogen-bond acceptors (Lipinski definition) is 2.